The van der Waals surface area contributed by atoms with Crippen molar-refractivity contribution in [2.24, 2.45) is 0 Å². The molecule has 0 bridgehead atoms. The van der Waals surface area contributed by atoms with Crippen molar-refractivity contribution in [3.05, 3.63) is 88.5 Å². The Morgan fingerprint density at radius 2 is 1.83 bits per heavy atom. The van der Waals surface area contributed by atoms with Crippen LogP contribution in [0, 0.1) is 10.1 Å². The summed E-state index contributed by atoms with van der Waals surface area (Å²) in [5.74, 6) is -0.288. The number of nitrogens with zero attached hydrogens (tertiary/aromatic N) is 3. The predicted octanol–water partition coefficient (Wildman–Crippen LogP) is 3.09. The molecule has 0 spiro atoms. The van der Waals surface area contributed by atoms with E-state index in [1.165, 1.54) is 12.1 Å². The Morgan fingerprint density at radius 1 is 1.12 bits per heavy atom. The molecule has 0 radical (unpaired) electrons. The Kier molecular flexibility index (Phi) is 4.33. The minimum absolute atomic E-state index is 0.0484. The molecule has 0 aliphatic rings. The average Bonchev–Trinajstić information content (AvgIpc) is 3.05. The van der Waals surface area contributed by atoms with Crippen LogP contribution >= 0.6 is 0 Å². The number of nitro groups is 1. The van der Waals surface area contributed by atoms with Crippen LogP contribution in [0.15, 0.2) is 67.1 Å². The topological polar surface area (TPSA) is 90.1 Å². The molecule has 7 heteroatoms. The van der Waals surface area contributed by atoms with Crippen molar-refractivity contribution in [1.82, 2.24) is 9.55 Å². The average molecular weight is 322 g/mol. The molecule has 3 aromatic rings. The zero-order valence-electron chi connectivity index (χ0n) is 12.6. The van der Waals surface area contributed by atoms with Crippen molar-refractivity contribution in [2.75, 3.05) is 5.32 Å². The molecule has 0 saturated heterocycles. The number of nitro benzene ring substituents is 1. The molecular formula is C17H14N4O3. The molecular weight excluding hydrogens is 308 g/mol. The summed E-state index contributed by atoms with van der Waals surface area (Å²) in [6.45, 7) is 0.476. The third kappa shape index (κ3) is 3.64. The Morgan fingerprint density at radius 3 is 2.50 bits per heavy atom. The maximum atomic E-state index is 12.1. The minimum Gasteiger partial charge on any atom is -0.332 e. The van der Waals surface area contributed by atoms with E-state index in [1.807, 2.05) is 18.2 Å². The summed E-state index contributed by atoms with van der Waals surface area (Å²) in [5, 5.41) is 13.4. The van der Waals surface area contributed by atoms with Crippen LogP contribution in [-0.2, 0) is 6.54 Å². The zero-order chi connectivity index (χ0) is 16.9. The third-order valence-electron chi connectivity index (χ3n) is 3.41. The van der Waals surface area contributed by atoms with Crippen LogP contribution in [0.25, 0.3) is 0 Å². The fourth-order valence-corrected chi connectivity index (χ4v) is 2.21. The summed E-state index contributed by atoms with van der Waals surface area (Å²) in [7, 11) is 0. The maximum absolute atomic E-state index is 12.1. The number of hydrogen-bond acceptors (Lipinski definition) is 4. The maximum Gasteiger partial charge on any atom is 0.275 e. The number of amides is 1. The van der Waals surface area contributed by atoms with Crippen LogP contribution in [0.5, 0.6) is 0 Å². The Hall–Kier alpha value is -3.48. The minimum atomic E-state index is -0.437. The van der Waals surface area contributed by atoms with Gasteiger partial charge in [0.25, 0.3) is 11.6 Å². The van der Waals surface area contributed by atoms with E-state index in [0.717, 1.165) is 5.56 Å². The quantitative estimate of drug-likeness (QED) is 0.577. The van der Waals surface area contributed by atoms with Crippen LogP contribution in [0.4, 0.5) is 11.4 Å². The number of nitrogens with one attached hydrogen (secondary N) is 1. The number of hydrogen-bond donors (Lipinski definition) is 1. The second-order valence-electron chi connectivity index (χ2n) is 5.17. The second kappa shape index (κ2) is 6.74. The summed E-state index contributed by atoms with van der Waals surface area (Å²) in [6, 6.07) is 15.4. The van der Waals surface area contributed by atoms with Gasteiger partial charge in [0.05, 0.1) is 11.3 Å². The highest BCUT2D eigenvalue weighted by atomic mass is 16.6. The molecule has 0 unspecified atom stereocenters. The summed E-state index contributed by atoms with van der Waals surface area (Å²) >= 11 is 0. The number of carbonyl (C=O) groups is 1. The van der Waals surface area contributed by atoms with Crippen molar-refractivity contribution in [3.8, 4) is 0 Å². The van der Waals surface area contributed by atoms with Gasteiger partial charge in [-0.25, -0.2) is 4.98 Å². The molecule has 0 atom stereocenters. The lowest BCUT2D eigenvalue weighted by Crippen LogP contribution is -2.12. The summed E-state index contributed by atoms with van der Waals surface area (Å²) in [4.78, 5) is 26.4. The van der Waals surface area contributed by atoms with E-state index in [4.69, 9.17) is 0 Å². The van der Waals surface area contributed by atoms with E-state index in [2.05, 4.69) is 10.3 Å². The summed E-state index contributed by atoms with van der Waals surface area (Å²) in [6.07, 6.45) is 3.20. The van der Waals surface area contributed by atoms with Crippen molar-refractivity contribution in [2.45, 2.75) is 6.54 Å². The molecule has 1 N–H and O–H groups in total. The number of aromatic nitrogens is 2. The standard InChI is InChI=1S/C17H14N4O3/c22-17(19-14-4-2-1-3-5-14)16-11-20(12-18-16)10-13-6-8-15(9-7-13)21(23)24/h1-9,11-12H,10H2,(H,19,22). The molecule has 0 saturated carbocycles. The van der Waals surface area contributed by atoms with Gasteiger partial charge in [-0.2, -0.15) is 0 Å². The first-order valence-electron chi connectivity index (χ1n) is 7.23. The van der Waals surface area contributed by atoms with Crippen LogP contribution < -0.4 is 5.32 Å². The molecule has 0 aliphatic carbocycles. The van der Waals surface area contributed by atoms with Gasteiger partial charge < -0.3 is 9.88 Å². The molecule has 3 rings (SSSR count). The fourth-order valence-electron chi connectivity index (χ4n) is 2.21. The number of anilines is 1. The Labute approximate surface area is 137 Å². The monoisotopic (exact) mass is 322 g/mol. The van der Waals surface area contributed by atoms with Crippen LogP contribution in [-0.4, -0.2) is 20.4 Å². The van der Waals surface area contributed by atoms with E-state index in [0.29, 0.717) is 17.9 Å². The number of rotatable bonds is 5. The van der Waals surface area contributed by atoms with Gasteiger partial charge in [0.2, 0.25) is 0 Å². The fraction of sp³-hybridized carbons (Fsp3) is 0.0588. The molecule has 1 heterocycles. The van der Waals surface area contributed by atoms with Gasteiger partial charge in [0.1, 0.15) is 5.69 Å². The van der Waals surface area contributed by atoms with Gasteiger partial charge in [-0.3, -0.25) is 14.9 Å². The number of carbonyl (C=O) groups excluding carboxylic acids is 1. The Balaban J connectivity index is 1.66. The molecule has 2 aromatic carbocycles. The van der Waals surface area contributed by atoms with Gasteiger partial charge in [-0.1, -0.05) is 30.3 Å². The van der Waals surface area contributed by atoms with E-state index in [1.54, 1.807) is 41.4 Å². The lowest BCUT2D eigenvalue weighted by molar-refractivity contribution is -0.384. The molecule has 120 valence electrons. The van der Waals surface area contributed by atoms with E-state index >= 15 is 0 Å². The summed E-state index contributed by atoms with van der Waals surface area (Å²) < 4.78 is 1.75. The number of non-ortho nitro benzene ring substituents is 1. The van der Waals surface area contributed by atoms with Gasteiger partial charge in [0, 0.05) is 30.6 Å². The molecule has 24 heavy (non-hydrogen) atoms. The van der Waals surface area contributed by atoms with E-state index in [9.17, 15) is 14.9 Å². The van der Waals surface area contributed by atoms with Crippen molar-refractivity contribution >= 4 is 17.3 Å². The van der Waals surface area contributed by atoms with E-state index in [-0.39, 0.29) is 11.6 Å². The molecule has 7 nitrogen and oxygen atoms in total. The van der Waals surface area contributed by atoms with Crippen molar-refractivity contribution in [1.29, 1.82) is 0 Å². The van der Waals surface area contributed by atoms with Gasteiger partial charge >= 0.3 is 0 Å². The lowest BCUT2D eigenvalue weighted by atomic mass is 10.2. The number of benzene rings is 2. The first-order chi connectivity index (χ1) is 11.6. The highest BCUT2D eigenvalue weighted by Gasteiger charge is 2.10. The van der Waals surface area contributed by atoms with Crippen LogP contribution in [0.1, 0.15) is 16.1 Å². The van der Waals surface area contributed by atoms with Crippen molar-refractivity contribution < 1.29 is 9.72 Å². The van der Waals surface area contributed by atoms with Gasteiger partial charge in [-0.15, -0.1) is 0 Å². The lowest BCUT2D eigenvalue weighted by Gasteiger charge is -2.03. The first-order valence-corrected chi connectivity index (χ1v) is 7.23. The normalized spacial score (nSPS) is 10.3. The predicted molar refractivity (Wildman–Crippen MR) is 88.8 cm³/mol. The largest absolute Gasteiger partial charge is 0.332 e. The van der Waals surface area contributed by atoms with Crippen molar-refractivity contribution in [3.63, 3.8) is 0 Å². The Bertz CT molecular complexity index is 857. The second-order valence-corrected chi connectivity index (χ2v) is 5.17. The number of imidazole rings is 1. The van der Waals surface area contributed by atoms with Gasteiger partial charge in [-0.05, 0) is 17.7 Å². The smallest absolute Gasteiger partial charge is 0.275 e. The summed E-state index contributed by atoms with van der Waals surface area (Å²) in [5.41, 5.74) is 1.94. The van der Waals surface area contributed by atoms with Crippen LogP contribution in [0.3, 0.4) is 0 Å². The SMILES string of the molecule is O=C(Nc1ccccc1)c1cn(Cc2ccc([N+](=O)[O-])cc2)cn1. The molecule has 1 aromatic heterocycles. The number of para-hydroxylation sites is 1. The highest BCUT2D eigenvalue weighted by molar-refractivity contribution is 6.02. The zero-order valence-corrected chi connectivity index (χ0v) is 12.6. The highest BCUT2D eigenvalue weighted by Crippen LogP contribution is 2.13. The molecule has 1 amide bonds. The van der Waals surface area contributed by atoms with E-state index < -0.39 is 4.92 Å². The third-order valence-corrected chi connectivity index (χ3v) is 3.41. The molecule has 0 fully saturated rings. The molecule has 0 aliphatic heterocycles. The van der Waals surface area contributed by atoms with Gasteiger partial charge in [0.15, 0.2) is 0 Å². The van der Waals surface area contributed by atoms with Crippen LogP contribution in [0.2, 0.25) is 0 Å². The first kappa shape index (κ1) is 15.4.